The summed E-state index contributed by atoms with van der Waals surface area (Å²) in [7, 11) is 0. The number of ether oxygens (including phenoxy) is 3. The van der Waals surface area contributed by atoms with Gasteiger partial charge >= 0.3 is 6.09 Å². The first kappa shape index (κ1) is 24.5. The first-order valence-electron chi connectivity index (χ1n) is 11.4. The van der Waals surface area contributed by atoms with E-state index in [4.69, 9.17) is 19.5 Å². The Hall–Kier alpha value is -2.18. The van der Waals surface area contributed by atoms with Gasteiger partial charge in [-0.25, -0.2) is 4.79 Å². The van der Waals surface area contributed by atoms with Gasteiger partial charge in [0.25, 0.3) is 0 Å². The van der Waals surface area contributed by atoms with Crippen molar-refractivity contribution in [1.29, 1.82) is 5.26 Å². The maximum absolute atomic E-state index is 11.8. The summed E-state index contributed by atoms with van der Waals surface area (Å²) in [5, 5.41) is 11.7. The average molecular weight is 445 g/mol. The van der Waals surface area contributed by atoms with E-state index < -0.39 is 0 Å². The molecule has 1 aromatic rings. The number of carbonyl (C=O) groups excluding carboxylic acids is 1. The lowest BCUT2D eigenvalue weighted by Crippen LogP contribution is -2.60. The number of fused-ring (bicyclic) bond motifs is 2. The highest BCUT2D eigenvalue weighted by atomic mass is 16.5. The Morgan fingerprint density at radius 1 is 1.06 bits per heavy atom. The van der Waals surface area contributed by atoms with Crippen LogP contribution in [-0.2, 0) is 20.6 Å². The Morgan fingerprint density at radius 3 is 2.22 bits per heavy atom. The number of amides is 1. The first-order chi connectivity index (χ1) is 15.3. The fourth-order valence-electron chi connectivity index (χ4n) is 4.07. The molecule has 2 bridgehead atoms. The fourth-order valence-corrected chi connectivity index (χ4v) is 4.07. The lowest BCUT2D eigenvalue weighted by Gasteiger charge is -2.45. The Balaban J connectivity index is 1.28. The molecule has 2 atom stereocenters. The van der Waals surface area contributed by atoms with E-state index in [1.165, 1.54) is 5.56 Å². The third-order valence-electron chi connectivity index (χ3n) is 5.52. The average Bonchev–Trinajstić information content (AvgIpc) is 2.72. The number of nitriles is 1. The molecule has 32 heavy (non-hydrogen) atoms. The lowest BCUT2D eigenvalue weighted by molar-refractivity contribution is -0.141. The van der Waals surface area contributed by atoms with E-state index in [0.29, 0.717) is 25.4 Å². The van der Waals surface area contributed by atoms with E-state index in [9.17, 15) is 4.79 Å². The largest absolute Gasteiger partial charge is 0.448 e. The monoisotopic (exact) mass is 444 g/mol. The summed E-state index contributed by atoms with van der Waals surface area (Å²) < 4.78 is 17.3. The molecule has 1 amide bonds. The summed E-state index contributed by atoms with van der Waals surface area (Å²) in [4.78, 5) is 16.5. The van der Waals surface area contributed by atoms with Gasteiger partial charge in [-0.05, 0) is 44.9 Å². The van der Waals surface area contributed by atoms with Crippen molar-refractivity contribution in [3.05, 3.63) is 35.4 Å². The standard InChI is InChI=1S/C24H36N4O4/c1-24(2,3)26-23(29)31-13-10-28-17-21-15-27(16-22(18-28)32-21)9-12-30-11-8-19-4-6-20(14-25)7-5-19/h4-7,21-22H,8-13,15-18H2,1-3H3,(H,26,29). The van der Waals surface area contributed by atoms with Crippen molar-refractivity contribution in [3.8, 4) is 6.07 Å². The third kappa shape index (κ3) is 8.40. The van der Waals surface area contributed by atoms with Crippen LogP contribution in [0.25, 0.3) is 0 Å². The lowest BCUT2D eigenvalue weighted by atomic mass is 10.1. The van der Waals surface area contributed by atoms with Crippen molar-refractivity contribution in [2.45, 2.75) is 44.9 Å². The minimum Gasteiger partial charge on any atom is -0.448 e. The number of alkyl carbamates (subject to hydrolysis) is 1. The number of nitrogens with zero attached hydrogens (tertiary/aromatic N) is 3. The second-order valence-corrected chi connectivity index (χ2v) is 9.58. The zero-order chi connectivity index (χ0) is 23.0. The highest BCUT2D eigenvalue weighted by Gasteiger charge is 2.34. The van der Waals surface area contributed by atoms with Gasteiger partial charge in [0.15, 0.2) is 0 Å². The van der Waals surface area contributed by atoms with E-state index in [1.807, 2.05) is 45.0 Å². The molecular formula is C24H36N4O4. The molecule has 2 aliphatic heterocycles. The van der Waals surface area contributed by atoms with Gasteiger partial charge in [0.1, 0.15) is 6.61 Å². The first-order valence-corrected chi connectivity index (χ1v) is 11.4. The molecule has 8 heteroatoms. The number of benzene rings is 1. The molecule has 0 aromatic heterocycles. The fraction of sp³-hybridized carbons (Fsp3) is 0.667. The summed E-state index contributed by atoms with van der Waals surface area (Å²) in [6.07, 6.45) is 0.857. The van der Waals surface area contributed by atoms with Crippen LogP contribution in [0.5, 0.6) is 0 Å². The number of rotatable bonds is 9. The van der Waals surface area contributed by atoms with Gasteiger partial charge in [-0.1, -0.05) is 12.1 Å². The van der Waals surface area contributed by atoms with Crippen LogP contribution in [0.3, 0.4) is 0 Å². The van der Waals surface area contributed by atoms with Crippen molar-refractivity contribution in [2.75, 3.05) is 59.1 Å². The van der Waals surface area contributed by atoms with Crippen LogP contribution in [0, 0.1) is 11.3 Å². The molecule has 3 rings (SSSR count). The molecule has 2 unspecified atom stereocenters. The minimum absolute atomic E-state index is 0.185. The van der Waals surface area contributed by atoms with E-state index in [-0.39, 0.29) is 23.8 Å². The summed E-state index contributed by atoms with van der Waals surface area (Å²) in [5.74, 6) is 0. The topological polar surface area (TPSA) is 87.1 Å². The highest BCUT2D eigenvalue weighted by Crippen LogP contribution is 2.19. The molecule has 0 saturated carbocycles. The number of nitrogens with one attached hydrogen (secondary N) is 1. The molecule has 2 fully saturated rings. The van der Waals surface area contributed by atoms with E-state index in [1.54, 1.807) is 0 Å². The Bertz CT molecular complexity index is 758. The van der Waals surface area contributed by atoms with Gasteiger partial charge in [0.05, 0.1) is 37.1 Å². The molecule has 0 radical (unpaired) electrons. The van der Waals surface area contributed by atoms with Gasteiger partial charge in [-0.3, -0.25) is 9.80 Å². The van der Waals surface area contributed by atoms with Gasteiger partial charge < -0.3 is 19.5 Å². The quantitative estimate of drug-likeness (QED) is 0.583. The molecule has 8 nitrogen and oxygen atoms in total. The smallest absolute Gasteiger partial charge is 0.407 e. The predicted octanol–water partition coefficient (Wildman–Crippen LogP) is 2.03. The normalized spacial score (nSPS) is 21.7. The van der Waals surface area contributed by atoms with Crippen LogP contribution < -0.4 is 5.32 Å². The maximum atomic E-state index is 11.8. The Kier molecular flexibility index (Phi) is 8.88. The molecule has 2 saturated heterocycles. The molecule has 2 aliphatic rings. The van der Waals surface area contributed by atoms with Crippen LogP contribution in [-0.4, -0.2) is 92.7 Å². The minimum atomic E-state index is -0.365. The number of hydrogen-bond donors (Lipinski definition) is 1. The van der Waals surface area contributed by atoms with Crippen molar-refractivity contribution in [2.24, 2.45) is 0 Å². The Morgan fingerprint density at radius 2 is 1.66 bits per heavy atom. The number of carbonyl (C=O) groups is 1. The van der Waals surface area contributed by atoms with Crippen LogP contribution in [0.15, 0.2) is 24.3 Å². The van der Waals surface area contributed by atoms with Crippen LogP contribution >= 0.6 is 0 Å². The summed E-state index contributed by atoms with van der Waals surface area (Å²) in [6, 6.07) is 9.80. The molecular weight excluding hydrogens is 408 g/mol. The molecule has 0 spiro atoms. The van der Waals surface area contributed by atoms with Crippen LogP contribution in [0.1, 0.15) is 31.9 Å². The van der Waals surface area contributed by atoms with Crippen molar-refractivity contribution >= 4 is 6.09 Å². The molecule has 1 aromatic carbocycles. The second-order valence-electron chi connectivity index (χ2n) is 9.58. The van der Waals surface area contributed by atoms with Gasteiger partial charge in [0.2, 0.25) is 0 Å². The summed E-state index contributed by atoms with van der Waals surface area (Å²) in [5.41, 5.74) is 1.58. The predicted molar refractivity (Wildman–Crippen MR) is 121 cm³/mol. The zero-order valence-electron chi connectivity index (χ0n) is 19.5. The second kappa shape index (κ2) is 11.6. The third-order valence-corrected chi connectivity index (χ3v) is 5.52. The van der Waals surface area contributed by atoms with Crippen LogP contribution in [0.4, 0.5) is 4.79 Å². The van der Waals surface area contributed by atoms with Gasteiger partial charge in [0, 0.05) is 44.8 Å². The van der Waals surface area contributed by atoms with Crippen molar-refractivity contribution in [1.82, 2.24) is 15.1 Å². The highest BCUT2D eigenvalue weighted by molar-refractivity contribution is 5.68. The van der Waals surface area contributed by atoms with Gasteiger partial charge in [-0.15, -0.1) is 0 Å². The SMILES string of the molecule is CC(C)(C)NC(=O)OCCN1CC2CN(CCOCCc3ccc(C#N)cc3)CC(C1)O2. The van der Waals surface area contributed by atoms with Gasteiger partial charge in [-0.2, -0.15) is 5.26 Å². The number of morpholine rings is 2. The van der Waals surface area contributed by atoms with E-state index >= 15 is 0 Å². The number of hydrogen-bond acceptors (Lipinski definition) is 7. The Labute approximate surface area is 191 Å². The van der Waals surface area contributed by atoms with E-state index in [2.05, 4.69) is 21.2 Å². The molecule has 0 aliphatic carbocycles. The molecule has 1 N–H and O–H groups in total. The summed E-state index contributed by atoms with van der Waals surface area (Å²) in [6.45, 7) is 12.7. The molecule has 176 valence electrons. The maximum Gasteiger partial charge on any atom is 0.407 e. The zero-order valence-corrected chi connectivity index (χ0v) is 19.5. The van der Waals surface area contributed by atoms with Crippen molar-refractivity contribution < 1.29 is 19.0 Å². The van der Waals surface area contributed by atoms with Crippen LogP contribution in [0.2, 0.25) is 0 Å². The summed E-state index contributed by atoms with van der Waals surface area (Å²) >= 11 is 0. The molecule has 2 heterocycles. The van der Waals surface area contributed by atoms with Crippen molar-refractivity contribution in [3.63, 3.8) is 0 Å². The van der Waals surface area contributed by atoms with E-state index in [0.717, 1.165) is 45.7 Å².